The second-order valence-electron chi connectivity index (χ2n) is 12.4. The largest absolute Gasteiger partial charge is 0.444 e. The van der Waals surface area contributed by atoms with Crippen LogP contribution in [0.5, 0.6) is 0 Å². The quantitative estimate of drug-likeness (QED) is 0.301. The van der Waals surface area contributed by atoms with Crippen LogP contribution in [0.1, 0.15) is 78.7 Å². The van der Waals surface area contributed by atoms with Gasteiger partial charge in [-0.1, -0.05) is 38.5 Å². The number of imidazole rings is 1. The minimum absolute atomic E-state index is 0.0364. The molecule has 1 N–H and O–H groups in total. The van der Waals surface area contributed by atoms with Crippen LogP contribution in [0.15, 0.2) is 33.9 Å². The maximum atomic E-state index is 14.2. The Labute approximate surface area is 257 Å². The van der Waals surface area contributed by atoms with Gasteiger partial charge >= 0.3 is 11.8 Å². The molecule has 1 atom stereocenters. The Morgan fingerprint density at radius 2 is 1.82 bits per heavy atom. The SMILES string of the molecule is CCCCn1c(N2CCCC(NC(=O)OC(C)(C)C)C2)nc2c1c(=O)n(Cc1nc(CC)c3ccccc3n1)c(=O)n2CC. The van der Waals surface area contributed by atoms with Crippen molar-refractivity contribution in [3.8, 4) is 0 Å². The number of fused-ring (bicyclic) bond motifs is 2. The van der Waals surface area contributed by atoms with Crippen LogP contribution in [0.3, 0.4) is 0 Å². The first-order valence-electron chi connectivity index (χ1n) is 15.8. The fourth-order valence-corrected chi connectivity index (χ4v) is 5.90. The molecule has 0 aliphatic carbocycles. The first-order valence-corrected chi connectivity index (χ1v) is 15.8. The lowest BCUT2D eigenvalue weighted by Crippen LogP contribution is -2.49. The normalized spacial score (nSPS) is 15.7. The highest BCUT2D eigenvalue weighted by atomic mass is 16.6. The van der Waals surface area contributed by atoms with Gasteiger partial charge in [0.1, 0.15) is 11.4 Å². The molecule has 0 radical (unpaired) electrons. The summed E-state index contributed by atoms with van der Waals surface area (Å²) in [7, 11) is 0. The molecule has 1 saturated heterocycles. The summed E-state index contributed by atoms with van der Waals surface area (Å²) >= 11 is 0. The molecule has 236 valence electrons. The Kier molecular flexibility index (Phi) is 9.07. The number of hydrogen-bond donors (Lipinski definition) is 1. The van der Waals surface area contributed by atoms with E-state index in [1.807, 2.05) is 63.5 Å². The van der Waals surface area contributed by atoms with Crippen molar-refractivity contribution in [3.05, 3.63) is 56.6 Å². The van der Waals surface area contributed by atoms with Crippen LogP contribution in [0.2, 0.25) is 0 Å². The van der Waals surface area contributed by atoms with Gasteiger partial charge in [-0.2, -0.15) is 4.98 Å². The third-order valence-electron chi connectivity index (χ3n) is 7.93. The summed E-state index contributed by atoms with van der Waals surface area (Å²) in [4.78, 5) is 57.0. The Morgan fingerprint density at radius 3 is 2.52 bits per heavy atom. The maximum absolute atomic E-state index is 14.2. The van der Waals surface area contributed by atoms with Crippen molar-refractivity contribution >= 4 is 34.1 Å². The third kappa shape index (κ3) is 6.34. The van der Waals surface area contributed by atoms with Crippen LogP contribution < -0.4 is 21.5 Å². The lowest BCUT2D eigenvalue weighted by atomic mass is 10.1. The van der Waals surface area contributed by atoms with Gasteiger partial charge in [0, 0.05) is 37.6 Å². The minimum Gasteiger partial charge on any atom is -0.444 e. The third-order valence-corrected chi connectivity index (χ3v) is 7.93. The zero-order valence-electron chi connectivity index (χ0n) is 26.7. The van der Waals surface area contributed by atoms with Gasteiger partial charge in [0.15, 0.2) is 11.2 Å². The van der Waals surface area contributed by atoms with Crippen LogP contribution in [0.25, 0.3) is 22.1 Å². The van der Waals surface area contributed by atoms with Crippen LogP contribution in [-0.4, -0.2) is 59.5 Å². The smallest absolute Gasteiger partial charge is 0.407 e. The molecule has 3 aromatic heterocycles. The van der Waals surface area contributed by atoms with Crippen molar-refractivity contribution in [2.75, 3.05) is 18.0 Å². The van der Waals surface area contributed by atoms with E-state index in [0.717, 1.165) is 48.8 Å². The number of hydrogen-bond acceptors (Lipinski definition) is 8. The number of benzene rings is 1. The lowest BCUT2D eigenvalue weighted by Gasteiger charge is -2.34. The number of aryl methyl sites for hydroxylation is 3. The van der Waals surface area contributed by atoms with Gasteiger partial charge in [0.05, 0.1) is 17.8 Å². The molecule has 5 rings (SSSR count). The molecule has 4 aromatic rings. The van der Waals surface area contributed by atoms with E-state index in [2.05, 4.69) is 17.1 Å². The highest BCUT2D eigenvalue weighted by Crippen LogP contribution is 2.25. The molecule has 1 fully saturated rings. The molecule has 1 unspecified atom stereocenters. The van der Waals surface area contributed by atoms with Gasteiger partial charge in [-0.15, -0.1) is 0 Å². The number of nitrogens with one attached hydrogen (secondary N) is 1. The maximum Gasteiger partial charge on any atom is 0.407 e. The van der Waals surface area contributed by atoms with Crippen molar-refractivity contribution < 1.29 is 9.53 Å². The van der Waals surface area contributed by atoms with Gasteiger partial charge in [-0.25, -0.2) is 19.6 Å². The summed E-state index contributed by atoms with van der Waals surface area (Å²) in [6, 6.07) is 7.65. The molecule has 0 spiro atoms. The number of carbonyl (C=O) groups excluding carboxylic acids is 1. The molecule has 1 aliphatic heterocycles. The predicted octanol–water partition coefficient (Wildman–Crippen LogP) is 4.23. The Bertz CT molecular complexity index is 1780. The lowest BCUT2D eigenvalue weighted by molar-refractivity contribution is 0.0499. The summed E-state index contributed by atoms with van der Waals surface area (Å²) in [5.41, 5.74) is 1.01. The van der Waals surface area contributed by atoms with Crippen molar-refractivity contribution in [1.82, 2.24) is 34.0 Å². The topological polar surface area (TPSA) is 129 Å². The molecule has 44 heavy (non-hydrogen) atoms. The summed E-state index contributed by atoms with van der Waals surface area (Å²) in [6.07, 6.45) is 3.66. The molecule has 1 aliphatic rings. The number of ether oxygens (including phenoxy) is 1. The molecule has 12 heteroatoms. The summed E-state index contributed by atoms with van der Waals surface area (Å²) in [5.74, 6) is 1.06. The molecular weight excluding hydrogens is 560 g/mol. The van der Waals surface area contributed by atoms with E-state index in [-0.39, 0.29) is 12.6 Å². The van der Waals surface area contributed by atoms with Crippen LogP contribution in [0.4, 0.5) is 10.7 Å². The summed E-state index contributed by atoms with van der Waals surface area (Å²) < 4.78 is 10.2. The first kappa shape index (κ1) is 31.2. The molecular formula is C32H44N8O4. The monoisotopic (exact) mass is 604 g/mol. The summed E-state index contributed by atoms with van der Waals surface area (Å²) in [5, 5.41) is 3.97. The molecule has 1 aromatic carbocycles. The molecule has 1 amide bonds. The Hall–Kier alpha value is -4.22. The first-order chi connectivity index (χ1) is 21.0. The van der Waals surface area contributed by atoms with Gasteiger partial charge in [0.25, 0.3) is 5.56 Å². The number of para-hydroxylation sites is 1. The highest BCUT2D eigenvalue weighted by molar-refractivity contribution is 5.81. The number of rotatable bonds is 9. The number of unbranched alkanes of at least 4 members (excludes halogenated alkanes) is 1. The van der Waals surface area contributed by atoms with Crippen molar-refractivity contribution in [3.63, 3.8) is 0 Å². The van der Waals surface area contributed by atoms with Gasteiger partial charge in [0.2, 0.25) is 5.95 Å². The fourth-order valence-electron chi connectivity index (χ4n) is 5.90. The predicted molar refractivity (Wildman–Crippen MR) is 171 cm³/mol. The van der Waals surface area contributed by atoms with Gasteiger partial charge < -0.3 is 19.5 Å². The van der Waals surface area contributed by atoms with E-state index >= 15 is 0 Å². The van der Waals surface area contributed by atoms with Crippen LogP contribution >= 0.6 is 0 Å². The average molecular weight is 605 g/mol. The van der Waals surface area contributed by atoms with E-state index < -0.39 is 22.9 Å². The van der Waals surface area contributed by atoms with E-state index in [4.69, 9.17) is 19.7 Å². The second kappa shape index (κ2) is 12.8. The molecule has 4 heterocycles. The molecule has 0 bridgehead atoms. The number of nitrogens with zero attached hydrogens (tertiary/aromatic N) is 7. The van der Waals surface area contributed by atoms with E-state index in [0.29, 0.717) is 49.0 Å². The fraction of sp³-hybridized carbons (Fsp3) is 0.562. The standard InChI is InChI=1S/C32H44N8O4/c1-7-10-18-39-26-27(36-29(39)37-17-13-14-21(19-37)33-30(42)44-32(4,5)6)38(9-3)31(43)40(28(26)41)20-25-34-23(8-2)22-15-11-12-16-24(22)35-25/h11-12,15-16,21H,7-10,13-14,17-20H2,1-6H3,(H,33,42). The number of alkyl carbamates (subject to hydrolysis) is 1. The Morgan fingerprint density at radius 1 is 1.05 bits per heavy atom. The van der Waals surface area contributed by atoms with Crippen molar-refractivity contribution in [1.29, 1.82) is 0 Å². The van der Waals surface area contributed by atoms with Gasteiger partial charge in [-0.3, -0.25) is 13.9 Å². The van der Waals surface area contributed by atoms with Crippen molar-refractivity contribution in [2.24, 2.45) is 0 Å². The second-order valence-corrected chi connectivity index (χ2v) is 12.4. The minimum atomic E-state index is -0.591. The van der Waals surface area contributed by atoms with E-state index in [9.17, 15) is 14.4 Å². The number of anilines is 1. The Balaban J connectivity index is 1.58. The number of piperidine rings is 1. The highest BCUT2D eigenvalue weighted by Gasteiger charge is 2.29. The van der Waals surface area contributed by atoms with E-state index in [1.165, 1.54) is 4.57 Å². The number of carbonyl (C=O) groups is 1. The molecule has 0 saturated carbocycles. The van der Waals surface area contributed by atoms with Crippen molar-refractivity contribution in [2.45, 2.75) is 105 Å². The number of amides is 1. The average Bonchev–Trinajstić information content (AvgIpc) is 3.36. The van der Waals surface area contributed by atoms with Crippen LogP contribution in [-0.2, 0) is 30.8 Å². The van der Waals surface area contributed by atoms with E-state index in [1.54, 1.807) is 4.57 Å². The van der Waals surface area contributed by atoms with Gasteiger partial charge in [-0.05, 0) is 59.4 Å². The zero-order chi connectivity index (χ0) is 31.6. The molecule has 12 nitrogen and oxygen atoms in total. The number of aromatic nitrogens is 6. The summed E-state index contributed by atoms with van der Waals surface area (Å²) in [6.45, 7) is 13.6. The van der Waals surface area contributed by atoms with Crippen LogP contribution in [0, 0.1) is 0 Å². The zero-order valence-corrected chi connectivity index (χ0v) is 26.7.